The van der Waals surface area contributed by atoms with E-state index in [9.17, 15) is 13.2 Å². The maximum atomic E-state index is 12.8. The summed E-state index contributed by atoms with van der Waals surface area (Å²) in [5, 5.41) is 0. The Balaban J connectivity index is 2.20. The lowest BCUT2D eigenvalue weighted by Gasteiger charge is -2.25. The second kappa shape index (κ2) is 9.23. The number of hydrogen-bond donors (Lipinski definition) is 1. The van der Waals surface area contributed by atoms with E-state index < -0.39 is 22.0 Å². The summed E-state index contributed by atoms with van der Waals surface area (Å²) in [6.07, 6.45) is 5.87. The Kier molecular flexibility index (Phi) is 7.28. The molecule has 1 N–H and O–H groups in total. The molecule has 146 valence electrons. The Hall–Kier alpha value is -1.80. The number of sulfonamides is 1. The van der Waals surface area contributed by atoms with Crippen LogP contribution in [0.4, 0.5) is 0 Å². The van der Waals surface area contributed by atoms with Crippen molar-refractivity contribution in [3.63, 3.8) is 0 Å². The molecule has 0 bridgehead atoms. The van der Waals surface area contributed by atoms with Crippen LogP contribution in [0.25, 0.3) is 0 Å². The van der Waals surface area contributed by atoms with Crippen LogP contribution >= 0.6 is 0 Å². The Bertz CT molecular complexity index is 712. The molecule has 0 heterocycles. The van der Waals surface area contributed by atoms with E-state index >= 15 is 0 Å². The molecule has 1 aromatic carbocycles. The van der Waals surface area contributed by atoms with Crippen LogP contribution in [0, 0.1) is 5.92 Å². The average Bonchev–Trinajstić information content (AvgIpc) is 2.66. The van der Waals surface area contributed by atoms with Crippen molar-refractivity contribution in [3.05, 3.63) is 18.2 Å². The van der Waals surface area contributed by atoms with Crippen molar-refractivity contribution in [1.82, 2.24) is 4.72 Å². The van der Waals surface area contributed by atoms with Crippen molar-refractivity contribution in [2.75, 3.05) is 21.3 Å². The van der Waals surface area contributed by atoms with Gasteiger partial charge in [0, 0.05) is 6.07 Å². The molecule has 1 unspecified atom stereocenters. The van der Waals surface area contributed by atoms with Gasteiger partial charge >= 0.3 is 5.97 Å². The van der Waals surface area contributed by atoms with Gasteiger partial charge in [-0.15, -0.1) is 0 Å². The molecule has 1 atom stereocenters. The van der Waals surface area contributed by atoms with Crippen molar-refractivity contribution in [2.45, 2.75) is 49.5 Å². The molecule has 0 aliphatic heterocycles. The second-order valence-corrected chi connectivity index (χ2v) is 8.17. The van der Waals surface area contributed by atoms with E-state index in [0.29, 0.717) is 23.8 Å². The fourth-order valence-electron chi connectivity index (χ4n) is 3.33. The van der Waals surface area contributed by atoms with Crippen molar-refractivity contribution in [2.24, 2.45) is 5.92 Å². The molecule has 0 amide bonds. The third-order valence-corrected chi connectivity index (χ3v) is 6.21. The van der Waals surface area contributed by atoms with Crippen molar-refractivity contribution in [3.8, 4) is 11.5 Å². The number of hydrogen-bond acceptors (Lipinski definition) is 6. The summed E-state index contributed by atoms with van der Waals surface area (Å²) >= 11 is 0. The van der Waals surface area contributed by atoms with Gasteiger partial charge in [0.1, 0.15) is 6.04 Å². The minimum absolute atomic E-state index is 0.00713. The van der Waals surface area contributed by atoms with Crippen molar-refractivity contribution < 1.29 is 27.4 Å². The van der Waals surface area contributed by atoms with Gasteiger partial charge < -0.3 is 14.2 Å². The molecule has 0 radical (unpaired) electrons. The first-order valence-corrected chi connectivity index (χ1v) is 10.2. The van der Waals surface area contributed by atoms with Gasteiger partial charge in [-0.05, 0) is 24.5 Å². The fraction of sp³-hybridized carbons (Fsp3) is 0.611. The minimum Gasteiger partial charge on any atom is -0.493 e. The van der Waals surface area contributed by atoms with Crippen molar-refractivity contribution >= 4 is 16.0 Å². The fourth-order valence-corrected chi connectivity index (χ4v) is 4.54. The number of rotatable bonds is 8. The zero-order chi connectivity index (χ0) is 19.2. The lowest BCUT2D eigenvalue weighted by Crippen LogP contribution is -2.42. The molecule has 1 fully saturated rings. The third-order valence-electron chi connectivity index (χ3n) is 4.74. The standard InChI is InChI=1S/C18H27NO6S/c1-23-16-10-9-14(12-17(16)24-2)26(21,22)19-15(18(20)25-3)11-13-7-5-4-6-8-13/h9-10,12-13,15,19H,4-8,11H2,1-3H3. The van der Waals surface area contributed by atoms with E-state index in [-0.39, 0.29) is 4.90 Å². The first kappa shape index (κ1) is 20.5. The topological polar surface area (TPSA) is 90.9 Å². The van der Waals surface area contributed by atoms with Crippen LogP contribution in [0.3, 0.4) is 0 Å². The number of nitrogens with one attached hydrogen (secondary N) is 1. The molecule has 7 nitrogen and oxygen atoms in total. The number of esters is 1. The Morgan fingerprint density at radius 2 is 1.77 bits per heavy atom. The number of methoxy groups -OCH3 is 3. The summed E-state index contributed by atoms with van der Waals surface area (Å²) in [5.41, 5.74) is 0. The molecule has 26 heavy (non-hydrogen) atoms. The van der Waals surface area contributed by atoms with Crippen molar-refractivity contribution in [1.29, 1.82) is 0 Å². The number of carbonyl (C=O) groups excluding carboxylic acids is 1. The van der Waals surface area contributed by atoms with Gasteiger partial charge in [0.2, 0.25) is 10.0 Å². The third kappa shape index (κ3) is 5.11. The number of ether oxygens (including phenoxy) is 3. The second-order valence-electron chi connectivity index (χ2n) is 6.45. The van der Waals surface area contributed by atoms with Gasteiger partial charge in [-0.25, -0.2) is 8.42 Å². The Morgan fingerprint density at radius 3 is 2.35 bits per heavy atom. The normalized spacial score (nSPS) is 16.7. The van der Waals surface area contributed by atoms with Gasteiger partial charge in [0.25, 0.3) is 0 Å². The van der Waals surface area contributed by atoms with E-state index in [2.05, 4.69) is 4.72 Å². The van der Waals surface area contributed by atoms with E-state index in [4.69, 9.17) is 14.2 Å². The Morgan fingerprint density at radius 1 is 1.12 bits per heavy atom. The first-order chi connectivity index (χ1) is 12.4. The van der Waals surface area contributed by atoms with Gasteiger partial charge in [-0.2, -0.15) is 4.72 Å². The molecule has 8 heteroatoms. The van der Waals surface area contributed by atoms with Gasteiger partial charge in [0.15, 0.2) is 11.5 Å². The summed E-state index contributed by atoms with van der Waals surface area (Å²) in [5.74, 6) is 0.482. The minimum atomic E-state index is -3.91. The summed E-state index contributed by atoms with van der Waals surface area (Å²) in [6, 6.07) is 3.40. The van der Waals surface area contributed by atoms with Gasteiger partial charge in [-0.1, -0.05) is 32.1 Å². The summed E-state index contributed by atoms with van der Waals surface area (Å²) in [4.78, 5) is 12.1. The molecular formula is C18H27NO6S. The van der Waals surface area contributed by atoms with Crippen LogP contribution in [0.2, 0.25) is 0 Å². The molecule has 0 aromatic heterocycles. The molecule has 1 aliphatic carbocycles. The lowest BCUT2D eigenvalue weighted by molar-refractivity contribution is -0.143. The molecule has 1 aliphatic rings. The average molecular weight is 385 g/mol. The predicted octanol–water partition coefficient (Wildman–Crippen LogP) is 2.49. The summed E-state index contributed by atoms with van der Waals surface area (Å²) < 4.78 is 43.1. The molecule has 0 saturated heterocycles. The molecule has 0 spiro atoms. The quantitative estimate of drug-likeness (QED) is 0.692. The highest BCUT2D eigenvalue weighted by Gasteiger charge is 2.30. The Labute approximate surface area is 155 Å². The summed E-state index contributed by atoms with van der Waals surface area (Å²) in [7, 11) is 0.262. The first-order valence-electron chi connectivity index (χ1n) is 8.73. The number of carbonyl (C=O) groups is 1. The largest absolute Gasteiger partial charge is 0.493 e. The highest BCUT2D eigenvalue weighted by atomic mass is 32.2. The van der Waals surface area contributed by atoms with Gasteiger partial charge in [-0.3, -0.25) is 4.79 Å². The SMILES string of the molecule is COC(=O)C(CC1CCCCC1)NS(=O)(=O)c1ccc(OC)c(OC)c1. The smallest absolute Gasteiger partial charge is 0.323 e. The predicted molar refractivity (Wildman–Crippen MR) is 96.9 cm³/mol. The monoisotopic (exact) mass is 385 g/mol. The highest BCUT2D eigenvalue weighted by Crippen LogP contribution is 2.30. The van der Waals surface area contributed by atoms with Crippen LogP contribution < -0.4 is 14.2 Å². The van der Waals surface area contributed by atoms with Gasteiger partial charge in [0.05, 0.1) is 26.2 Å². The van der Waals surface area contributed by atoms with E-state index in [1.54, 1.807) is 0 Å². The summed E-state index contributed by atoms with van der Waals surface area (Å²) in [6.45, 7) is 0. The van der Waals surface area contributed by atoms with Crippen LogP contribution in [-0.2, 0) is 19.6 Å². The highest BCUT2D eigenvalue weighted by molar-refractivity contribution is 7.89. The van der Waals surface area contributed by atoms with Crippen LogP contribution in [0.15, 0.2) is 23.1 Å². The molecule has 1 aromatic rings. The molecule has 1 saturated carbocycles. The molecular weight excluding hydrogens is 358 g/mol. The zero-order valence-electron chi connectivity index (χ0n) is 15.5. The van der Waals surface area contributed by atoms with E-state index in [1.165, 1.54) is 45.9 Å². The maximum absolute atomic E-state index is 12.8. The van der Waals surface area contributed by atoms with Crippen LogP contribution in [0.1, 0.15) is 38.5 Å². The van der Waals surface area contributed by atoms with Crippen LogP contribution in [0.5, 0.6) is 11.5 Å². The lowest BCUT2D eigenvalue weighted by atomic mass is 9.85. The zero-order valence-corrected chi connectivity index (χ0v) is 16.3. The maximum Gasteiger partial charge on any atom is 0.323 e. The van der Waals surface area contributed by atoms with E-state index in [0.717, 1.165) is 25.7 Å². The molecule has 2 rings (SSSR count). The van der Waals surface area contributed by atoms with Crippen LogP contribution in [-0.4, -0.2) is 41.8 Å². The number of benzene rings is 1. The van der Waals surface area contributed by atoms with E-state index in [1.807, 2.05) is 0 Å².